The Morgan fingerprint density at radius 2 is 1.73 bits per heavy atom. The van der Waals surface area contributed by atoms with Crippen molar-refractivity contribution in [1.82, 2.24) is 4.90 Å². The molecule has 1 N–H and O–H groups in total. The van der Waals surface area contributed by atoms with Gasteiger partial charge in [-0.2, -0.15) is 5.26 Å². The molecule has 0 saturated carbocycles. The van der Waals surface area contributed by atoms with E-state index in [-0.39, 0.29) is 5.92 Å². The van der Waals surface area contributed by atoms with E-state index in [4.69, 9.17) is 11.6 Å². The molecule has 0 amide bonds. The Bertz CT molecular complexity index is 731. The third-order valence-electron chi connectivity index (χ3n) is 5.39. The molecule has 1 atom stereocenters. The molecule has 1 unspecified atom stereocenters. The average molecular weight is 369 g/mol. The SMILES string of the molecule is N#CC(CCCN1CCC(O)(c2ccc(Cl)cc2)CC1)c1ccccc1. The van der Waals surface area contributed by atoms with Gasteiger partial charge in [0, 0.05) is 18.1 Å². The van der Waals surface area contributed by atoms with E-state index in [0.29, 0.717) is 5.02 Å². The highest BCUT2D eigenvalue weighted by atomic mass is 35.5. The van der Waals surface area contributed by atoms with Crippen LogP contribution in [0.3, 0.4) is 0 Å². The fraction of sp³-hybridized carbons (Fsp3) is 0.409. The van der Waals surface area contributed by atoms with E-state index in [1.807, 2.05) is 54.6 Å². The minimum atomic E-state index is -0.750. The molecule has 0 spiro atoms. The smallest absolute Gasteiger partial charge is 0.0920 e. The molecule has 3 nitrogen and oxygen atoms in total. The Morgan fingerprint density at radius 1 is 1.08 bits per heavy atom. The molecule has 3 rings (SSSR count). The molecule has 4 heteroatoms. The first-order valence-electron chi connectivity index (χ1n) is 9.26. The van der Waals surface area contributed by atoms with Crippen molar-refractivity contribution in [2.24, 2.45) is 0 Å². The van der Waals surface area contributed by atoms with Crippen LogP contribution in [0.15, 0.2) is 54.6 Å². The Labute approximate surface area is 160 Å². The lowest BCUT2D eigenvalue weighted by molar-refractivity contribution is -0.0261. The van der Waals surface area contributed by atoms with Crippen molar-refractivity contribution < 1.29 is 5.11 Å². The van der Waals surface area contributed by atoms with Crippen LogP contribution in [0.4, 0.5) is 0 Å². The average Bonchev–Trinajstić information content (AvgIpc) is 2.68. The van der Waals surface area contributed by atoms with E-state index >= 15 is 0 Å². The summed E-state index contributed by atoms with van der Waals surface area (Å²) in [6.07, 6.45) is 3.33. The summed E-state index contributed by atoms with van der Waals surface area (Å²) in [4.78, 5) is 2.39. The van der Waals surface area contributed by atoms with Crippen LogP contribution in [0.1, 0.15) is 42.7 Å². The van der Waals surface area contributed by atoms with Gasteiger partial charge >= 0.3 is 0 Å². The lowest BCUT2D eigenvalue weighted by Crippen LogP contribution is -2.42. The van der Waals surface area contributed by atoms with E-state index in [2.05, 4.69) is 11.0 Å². The van der Waals surface area contributed by atoms with Gasteiger partial charge in [0.25, 0.3) is 0 Å². The predicted octanol–water partition coefficient (Wildman–Crippen LogP) is 4.71. The zero-order valence-electron chi connectivity index (χ0n) is 14.9. The van der Waals surface area contributed by atoms with Gasteiger partial charge in [0.05, 0.1) is 17.6 Å². The fourth-order valence-electron chi connectivity index (χ4n) is 3.71. The molecule has 1 fully saturated rings. The molecule has 1 aliphatic rings. The van der Waals surface area contributed by atoms with Gasteiger partial charge in [0.1, 0.15) is 0 Å². The maximum absolute atomic E-state index is 10.9. The number of hydrogen-bond donors (Lipinski definition) is 1. The van der Waals surface area contributed by atoms with Crippen LogP contribution in [0.25, 0.3) is 0 Å². The summed E-state index contributed by atoms with van der Waals surface area (Å²) < 4.78 is 0. The van der Waals surface area contributed by atoms with E-state index in [1.54, 1.807) is 0 Å². The highest BCUT2D eigenvalue weighted by molar-refractivity contribution is 6.30. The van der Waals surface area contributed by atoms with E-state index < -0.39 is 5.60 Å². The Balaban J connectivity index is 1.47. The number of likely N-dealkylation sites (tertiary alicyclic amines) is 1. The maximum atomic E-state index is 10.9. The third-order valence-corrected chi connectivity index (χ3v) is 5.64. The molecule has 136 valence electrons. The molecular formula is C22H25ClN2O. The number of aliphatic hydroxyl groups is 1. The first-order valence-corrected chi connectivity index (χ1v) is 9.64. The van der Waals surface area contributed by atoms with Crippen molar-refractivity contribution in [3.8, 4) is 6.07 Å². The van der Waals surface area contributed by atoms with Crippen LogP contribution in [0, 0.1) is 11.3 Å². The monoisotopic (exact) mass is 368 g/mol. The summed E-state index contributed by atoms with van der Waals surface area (Å²) in [5.74, 6) is -0.0352. The second kappa shape index (κ2) is 8.68. The highest BCUT2D eigenvalue weighted by Gasteiger charge is 2.33. The normalized spacial score (nSPS) is 18.2. The number of piperidine rings is 1. The summed E-state index contributed by atoms with van der Waals surface area (Å²) in [7, 11) is 0. The molecule has 2 aromatic rings. The summed E-state index contributed by atoms with van der Waals surface area (Å²) in [6, 6.07) is 20.0. The predicted molar refractivity (Wildman–Crippen MR) is 105 cm³/mol. The third kappa shape index (κ3) is 4.65. The summed E-state index contributed by atoms with van der Waals surface area (Å²) in [6.45, 7) is 2.73. The standard InChI is InChI=1S/C22H25ClN2O/c23-21-10-8-20(9-11-21)22(26)12-15-25(16-13-22)14-4-7-19(17-24)18-5-2-1-3-6-18/h1-3,5-6,8-11,19,26H,4,7,12-16H2. The van der Waals surface area contributed by atoms with Crippen LogP contribution < -0.4 is 0 Å². The number of benzene rings is 2. The Kier molecular flexibility index (Phi) is 6.32. The van der Waals surface area contributed by atoms with Gasteiger partial charge in [-0.25, -0.2) is 0 Å². The fourth-order valence-corrected chi connectivity index (χ4v) is 3.83. The van der Waals surface area contributed by atoms with Crippen LogP contribution in [-0.2, 0) is 5.60 Å². The zero-order chi connectivity index (χ0) is 18.4. The van der Waals surface area contributed by atoms with Crippen molar-refractivity contribution in [3.05, 3.63) is 70.7 Å². The largest absolute Gasteiger partial charge is 0.385 e. The molecule has 2 aromatic carbocycles. The Morgan fingerprint density at radius 3 is 2.35 bits per heavy atom. The lowest BCUT2D eigenvalue weighted by Gasteiger charge is -2.38. The van der Waals surface area contributed by atoms with Gasteiger partial charge in [0.15, 0.2) is 0 Å². The minimum absolute atomic E-state index is 0.0352. The number of nitrogens with zero attached hydrogens (tertiary/aromatic N) is 2. The van der Waals surface area contributed by atoms with Gasteiger partial charge in [-0.05, 0) is 55.5 Å². The summed E-state index contributed by atoms with van der Waals surface area (Å²) in [5.41, 5.74) is 1.31. The zero-order valence-corrected chi connectivity index (χ0v) is 15.7. The molecule has 1 saturated heterocycles. The maximum Gasteiger partial charge on any atom is 0.0920 e. The van der Waals surface area contributed by atoms with Crippen LogP contribution in [-0.4, -0.2) is 29.6 Å². The molecule has 0 bridgehead atoms. The first-order chi connectivity index (χ1) is 12.6. The Hall–Kier alpha value is -1.86. The molecule has 1 aliphatic heterocycles. The molecular weight excluding hydrogens is 344 g/mol. The van der Waals surface area contributed by atoms with Crippen molar-refractivity contribution in [3.63, 3.8) is 0 Å². The summed E-state index contributed by atoms with van der Waals surface area (Å²) >= 11 is 5.95. The quantitative estimate of drug-likeness (QED) is 0.803. The van der Waals surface area contributed by atoms with Crippen molar-refractivity contribution in [1.29, 1.82) is 5.26 Å². The molecule has 0 radical (unpaired) electrons. The van der Waals surface area contributed by atoms with Gasteiger partial charge in [-0.1, -0.05) is 54.1 Å². The first kappa shape index (κ1) is 18.9. The van der Waals surface area contributed by atoms with Gasteiger partial charge in [-0.15, -0.1) is 0 Å². The summed E-state index contributed by atoms with van der Waals surface area (Å²) in [5, 5.41) is 21.1. The van der Waals surface area contributed by atoms with Crippen molar-refractivity contribution in [2.75, 3.05) is 19.6 Å². The van der Waals surface area contributed by atoms with Crippen molar-refractivity contribution in [2.45, 2.75) is 37.2 Å². The lowest BCUT2D eigenvalue weighted by atomic mass is 9.84. The van der Waals surface area contributed by atoms with E-state index in [9.17, 15) is 10.4 Å². The molecule has 1 heterocycles. The molecule has 0 aliphatic carbocycles. The topological polar surface area (TPSA) is 47.3 Å². The van der Waals surface area contributed by atoms with Gasteiger partial charge in [-0.3, -0.25) is 0 Å². The molecule has 26 heavy (non-hydrogen) atoms. The second-order valence-electron chi connectivity index (χ2n) is 7.11. The highest BCUT2D eigenvalue weighted by Crippen LogP contribution is 2.33. The van der Waals surface area contributed by atoms with E-state index in [0.717, 1.165) is 56.4 Å². The van der Waals surface area contributed by atoms with Crippen LogP contribution >= 0.6 is 11.6 Å². The minimum Gasteiger partial charge on any atom is -0.385 e. The van der Waals surface area contributed by atoms with Crippen molar-refractivity contribution >= 4 is 11.6 Å². The van der Waals surface area contributed by atoms with Gasteiger partial charge < -0.3 is 10.0 Å². The number of rotatable bonds is 6. The van der Waals surface area contributed by atoms with Crippen LogP contribution in [0.2, 0.25) is 5.02 Å². The van der Waals surface area contributed by atoms with E-state index in [1.165, 1.54) is 0 Å². The number of hydrogen-bond acceptors (Lipinski definition) is 3. The number of halogens is 1. The second-order valence-corrected chi connectivity index (χ2v) is 7.55. The molecule has 0 aromatic heterocycles. The van der Waals surface area contributed by atoms with Gasteiger partial charge in [0.2, 0.25) is 0 Å². The van der Waals surface area contributed by atoms with Crippen LogP contribution in [0.5, 0.6) is 0 Å². The number of nitriles is 1.